The van der Waals surface area contributed by atoms with Crippen LogP contribution in [0.15, 0.2) is 60.7 Å². The minimum Gasteiger partial charge on any atom is -0.478 e. The number of rotatable bonds is 6. The van der Waals surface area contributed by atoms with Crippen molar-refractivity contribution in [1.29, 1.82) is 0 Å². The molecule has 0 spiro atoms. The Bertz CT molecular complexity index is 1280. The van der Waals surface area contributed by atoms with E-state index in [0.717, 1.165) is 11.3 Å². The molecule has 4 rings (SSSR count). The number of carboxylic acids is 1. The molecule has 3 aromatic carbocycles. The SMILES string of the molecule is Cc1cc2c(cc1C(SCc1ccc(C(C)(C)C)cc1)c1ccc(C(=O)O)cc1)C(C)(C)CCC2(C)C. The molecule has 0 saturated carbocycles. The van der Waals surface area contributed by atoms with Gasteiger partial charge in [0.15, 0.2) is 0 Å². The van der Waals surface area contributed by atoms with E-state index in [1.54, 1.807) is 12.1 Å². The Labute approximate surface area is 227 Å². The van der Waals surface area contributed by atoms with Crippen molar-refractivity contribution in [3.05, 3.63) is 105 Å². The fourth-order valence-corrected chi connectivity index (χ4v) is 6.80. The van der Waals surface area contributed by atoms with Gasteiger partial charge in [0.25, 0.3) is 0 Å². The molecule has 0 radical (unpaired) electrons. The van der Waals surface area contributed by atoms with E-state index in [4.69, 9.17) is 0 Å². The lowest BCUT2D eigenvalue weighted by molar-refractivity contribution is 0.0697. The third-order valence-electron chi connectivity index (χ3n) is 8.22. The van der Waals surface area contributed by atoms with Crippen LogP contribution in [-0.4, -0.2) is 11.1 Å². The molecule has 1 atom stereocenters. The van der Waals surface area contributed by atoms with Crippen LogP contribution in [0.5, 0.6) is 0 Å². The monoisotopic (exact) mass is 514 g/mol. The molecule has 1 N–H and O–H groups in total. The molecular weight excluding hydrogens is 472 g/mol. The Hall–Kier alpha value is -2.52. The number of aromatic carboxylic acids is 1. The first-order valence-electron chi connectivity index (χ1n) is 13.4. The maximum absolute atomic E-state index is 11.5. The van der Waals surface area contributed by atoms with Gasteiger partial charge in [0.2, 0.25) is 0 Å². The zero-order valence-electron chi connectivity index (χ0n) is 23.7. The van der Waals surface area contributed by atoms with Gasteiger partial charge in [0.1, 0.15) is 0 Å². The minimum atomic E-state index is -0.886. The third kappa shape index (κ3) is 5.82. The standard InChI is InChI=1S/C34H42O2S/c1-22-19-28-29(34(7,8)18-17-33(28,5)6)20-27(22)30(24-11-13-25(14-12-24)31(35)36)37-21-23-9-15-26(16-10-23)32(2,3)4/h9-16,19-20,30H,17-18,21H2,1-8H3,(H,35,36). The first-order valence-corrected chi connectivity index (χ1v) is 14.4. The summed E-state index contributed by atoms with van der Waals surface area (Å²) < 4.78 is 0. The second-order valence-electron chi connectivity index (χ2n) is 13.1. The van der Waals surface area contributed by atoms with Crippen LogP contribution in [0.2, 0.25) is 0 Å². The second kappa shape index (κ2) is 9.98. The van der Waals surface area contributed by atoms with Crippen molar-refractivity contribution in [3.8, 4) is 0 Å². The molecule has 0 saturated heterocycles. The van der Waals surface area contributed by atoms with Gasteiger partial charge in [-0.3, -0.25) is 0 Å². The van der Waals surface area contributed by atoms with Crippen molar-refractivity contribution in [2.75, 3.05) is 0 Å². The molecule has 0 bridgehead atoms. The largest absolute Gasteiger partial charge is 0.478 e. The first-order chi connectivity index (χ1) is 17.2. The highest BCUT2D eigenvalue weighted by molar-refractivity contribution is 7.98. The topological polar surface area (TPSA) is 37.3 Å². The molecule has 0 fully saturated rings. The summed E-state index contributed by atoms with van der Waals surface area (Å²) in [7, 11) is 0. The van der Waals surface area contributed by atoms with Crippen molar-refractivity contribution in [1.82, 2.24) is 0 Å². The lowest BCUT2D eigenvalue weighted by Crippen LogP contribution is -2.34. The Balaban J connectivity index is 1.75. The van der Waals surface area contributed by atoms with Gasteiger partial charge in [-0.2, -0.15) is 0 Å². The average molecular weight is 515 g/mol. The van der Waals surface area contributed by atoms with Gasteiger partial charge >= 0.3 is 5.97 Å². The highest BCUT2D eigenvalue weighted by Gasteiger charge is 2.38. The normalized spacial score (nSPS) is 17.2. The van der Waals surface area contributed by atoms with Crippen molar-refractivity contribution in [2.24, 2.45) is 0 Å². The fourth-order valence-electron chi connectivity index (χ4n) is 5.47. The maximum atomic E-state index is 11.5. The number of hydrogen-bond acceptors (Lipinski definition) is 2. The van der Waals surface area contributed by atoms with Gasteiger partial charge in [-0.15, -0.1) is 11.8 Å². The van der Waals surface area contributed by atoms with E-state index < -0.39 is 5.97 Å². The minimum absolute atomic E-state index is 0.122. The molecule has 0 heterocycles. The Morgan fingerprint density at radius 3 is 1.95 bits per heavy atom. The zero-order valence-corrected chi connectivity index (χ0v) is 24.6. The number of carboxylic acid groups (broad SMARTS) is 1. The third-order valence-corrected chi connectivity index (χ3v) is 9.58. The van der Waals surface area contributed by atoms with Gasteiger partial charge in [0.05, 0.1) is 10.8 Å². The summed E-state index contributed by atoms with van der Waals surface area (Å²) in [6, 6.07) is 21.4. The quantitative estimate of drug-likeness (QED) is 0.356. The predicted molar refractivity (Wildman–Crippen MR) is 158 cm³/mol. The molecule has 1 unspecified atom stereocenters. The molecule has 0 aromatic heterocycles. The van der Waals surface area contributed by atoms with Gasteiger partial charge in [-0.1, -0.05) is 97.0 Å². The van der Waals surface area contributed by atoms with Crippen molar-refractivity contribution < 1.29 is 9.90 Å². The first kappa shape index (κ1) is 27.5. The van der Waals surface area contributed by atoms with Crippen molar-refractivity contribution in [3.63, 3.8) is 0 Å². The summed E-state index contributed by atoms with van der Waals surface area (Å²) in [5.74, 6) is 0.00454. The predicted octanol–water partition coefficient (Wildman–Crippen LogP) is 9.36. The Morgan fingerprint density at radius 1 is 0.892 bits per heavy atom. The number of fused-ring (bicyclic) bond motifs is 1. The van der Waals surface area contributed by atoms with Crippen LogP contribution in [0.1, 0.15) is 116 Å². The van der Waals surface area contributed by atoms with Gasteiger partial charge < -0.3 is 5.11 Å². The average Bonchev–Trinajstić information content (AvgIpc) is 2.83. The van der Waals surface area contributed by atoms with E-state index in [1.807, 2.05) is 23.9 Å². The number of benzene rings is 3. The highest BCUT2D eigenvalue weighted by Crippen LogP contribution is 2.49. The van der Waals surface area contributed by atoms with Gasteiger partial charge in [-0.25, -0.2) is 4.79 Å². The van der Waals surface area contributed by atoms with E-state index >= 15 is 0 Å². The number of hydrogen-bond donors (Lipinski definition) is 1. The van der Waals surface area contributed by atoms with Crippen LogP contribution in [0.3, 0.4) is 0 Å². The Kier molecular flexibility index (Phi) is 7.42. The van der Waals surface area contributed by atoms with Crippen molar-refractivity contribution in [2.45, 2.75) is 95.5 Å². The summed E-state index contributed by atoms with van der Waals surface area (Å²) in [5, 5.41) is 9.56. The van der Waals surface area contributed by atoms with Crippen LogP contribution in [-0.2, 0) is 22.0 Å². The van der Waals surface area contributed by atoms with Crippen LogP contribution < -0.4 is 0 Å². The van der Waals surface area contributed by atoms with E-state index in [9.17, 15) is 9.90 Å². The summed E-state index contributed by atoms with van der Waals surface area (Å²) in [6.07, 6.45) is 2.38. The molecule has 3 aromatic rings. The van der Waals surface area contributed by atoms with Gasteiger partial charge in [-0.05, 0) is 87.1 Å². The molecule has 37 heavy (non-hydrogen) atoms. The van der Waals surface area contributed by atoms with Crippen molar-refractivity contribution >= 4 is 17.7 Å². The number of aryl methyl sites for hydroxylation is 1. The smallest absolute Gasteiger partial charge is 0.335 e. The Morgan fingerprint density at radius 2 is 1.43 bits per heavy atom. The van der Waals surface area contributed by atoms with E-state index in [0.29, 0.717) is 5.56 Å². The molecule has 3 heteroatoms. The van der Waals surface area contributed by atoms with Crippen LogP contribution in [0, 0.1) is 6.92 Å². The lowest BCUT2D eigenvalue weighted by atomic mass is 9.62. The molecule has 0 aliphatic heterocycles. The zero-order chi connectivity index (χ0) is 27.2. The van der Waals surface area contributed by atoms with Crippen LogP contribution >= 0.6 is 11.8 Å². The highest BCUT2D eigenvalue weighted by atomic mass is 32.2. The summed E-state index contributed by atoms with van der Waals surface area (Å²) in [5.41, 5.74) is 10.2. The molecule has 0 amide bonds. The summed E-state index contributed by atoms with van der Waals surface area (Å²) >= 11 is 1.93. The molecule has 196 valence electrons. The molecule has 1 aliphatic carbocycles. The van der Waals surface area contributed by atoms with E-state index in [1.165, 1.54) is 46.2 Å². The summed E-state index contributed by atoms with van der Waals surface area (Å²) in [4.78, 5) is 11.5. The summed E-state index contributed by atoms with van der Waals surface area (Å²) in [6.45, 7) is 18.5. The number of thioether (sulfide) groups is 1. The molecular formula is C34H42O2S. The van der Waals surface area contributed by atoms with Gasteiger partial charge in [0, 0.05) is 5.75 Å². The second-order valence-corrected chi connectivity index (χ2v) is 14.2. The van der Waals surface area contributed by atoms with Crippen LogP contribution in [0.25, 0.3) is 0 Å². The molecule has 1 aliphatic rings. The van der Waals surface area contributed by atoms with E-state index in [2.05, 4.69) is 91.8 Å². The lowest BCUT2D eigenvalue weighted by Gasteiger charge is -2.42. The fraction of sp³-hybridized carbons (Fsp3) is 0.441. The van der Waals surface area contributed by atoms with Crippen LogP contribution in [0.4, 0.5) is 0 Å². The maximum Gasteiger partial charge on any atom is 0.335 e. The van der Waals surface area contributed by atoms with E-state index in [-0.39, 0.29) is 21.5 Å². The number of carbonyl (C=O) groups is 1. The molecule has 2 nitrogen and oxygen atoms in total.